The lowest BCUT2D eigenvalue weighted by molar-refractivity contribution is -0.136. The summed E-state index contributed by atoms with van der Waals surface area (Å²) in [5.74, 6) is -0.519. The molecule has 2 aromatic rings. The standard InChI is InChI=1S/C13H15N3O2S/c1-8(2)12-10(3-4-11(17)18)19-13(16-12)9-7-14-5-6-15-9/h5-8H,3-4H2,1-2H3,(H,17,18). The lowest BCUT2D eigenvalue weighted by atomic mass is 10.1. The fourth-order valence-corrected chi connectivity index (χ4v) is 2.91. The number of thiazole rings is 1. The highest BCUT2D eigenvalue weighted by Gasteiger charge is 2.16. The SMILES string of the molecule is CC(C)c1nc(-c2cnccn2)sc1CCC(=O)O. The first kappa shape index (κ1) is 13.6. The van der Waals surface area contributed by atoms with Crippen LogP contribution in [0, 0.1) is 0 Å². The maximum absolute atomic E-state index is 10.7. The van der Waals surface area contributed by atoms with E-state index in [1.807, 2.05) is 0 Å². The summed E-state index contributed by atoms with van der Waals surface area (Å²) >= 11 is 1.51. The summed E-state index contributed by atoms with van der Waals surface area (Å²) in [6, 6.07) is 0. The summed E-state index contributed by atoms with van der Waals surface area (Å²) in [6.07, 6.45) is 5.56. The van der Waals surface area contributed by atoms with Crippen LogP contribution in [0.4, 0.5) is 0 Å². The minimum Gasteiger partial charge on any atom is -0.481 e. The number of nitrogens with zero attached hydrogens (tertiary/aromatic N) is 3. The van der Waals surface area contributed by atoms with E-state index in [2.05, 4.69) is 28.8 Å². The predicted octanol–water partition coefficient (Wildman–Crippen LogP) is 2.74. The molecule has 2 heterocycles. The van der Waals surface area contributed by atoms with Crippen LogP contribution in [0.1, 0.15) is 36.8 Å². The fraction of sp³-hybridized carbons (Fsp3) is 0.385. The van der Waals surface area contributed by atoms with Gasteiger partial charge in [0.1, 0.15) is 10.7 Å². The van der Waals surface area contributed by atoms with Gasteiger partial charge in [0, 0.05) is 17.3 Å². The van der Waals surface area contributed by atoms with E-state index in [1.54, 1.807) is 18.6 Å². The van der Waals surface area contributed by atoms with E-state index >= 15 is 0 Å². The highest BCUT2D eigenvalue weighted by molar-refractivity contribution is 7.15. The van der Waals surface area contributed by atoms with E-state index in [4.69, 9.17) is 5.11 Å². The number of hydrogen-bond donors (Lipinski definition) is 1. The number of hydrogen-bond acceptors (Lipinski definition) is 5. The largest absolute Gasteiger partial charge is 0.481 e. The van der Waals surface area contributed by atoms with Crippen molar-refractivity contribution in [1.82, 2.24) is 15.0 Å². The van der Waals surface area contributed by atoms with Gasteiger partial charge in [-0.2, -0.15) is 0 Å². The van der Waals surface area contributed by atoms with Gasteiger partial charge in [-0.1, -0.05) is 13.8 Å². The van der Waals surface area contributed by atoms with Crippen LogP contribution in [0.5, 0.6) is 0 Å². The molecular weight excluding hydrogens is 262 g/mol. The van der Waals surface area contributed by atoms with Crippen molar-refractivity contribution in [3.05, 3.63) is 29.2 Å². The third-order valence-corrected chi connectivity index (χ3v) is 3.78. The third kappa shape index (κ3) is 3.35. The zero-order valence-corrected chi connectivity index (χ0v) is 11.6. The van der Waals surface area contributed by atoms with Gasteiger partial charge in [-0.3, -0.25) is 14.8 Å². The number of aliphatic carboxylic acids is 1. The van der Waals surface area contributed by atoms with Crippen LogP contribution in [0.2, 0.25) is 0 Å². The van der Waals surface area contributed by atoms with Crippen molar-refractivity contribution in [3.8, 4) is 10.7 Å². The number of aryl methyl sites for hydroxylation is 1. The lowest BCUT2D eigenvalue weighted by Gasteiger charge is -2.03. The molecule has 5 nitrogen and oxygen atoms in total. The van der Waals surface area contributed by atoms with E-state index in [0.717, 1.165) is 21.3 Å². The first-order valence-electron chi connectivity index (χ1n) is 6.05. The Morgan fingerprint density at radius 1 is 1.42 bits per heavy atom. The Morgan fingerprint density at radius 3 is 2.79 bits per heavy atom. The molecule has 0 aliphatic heterocycles. The van der Waals surface area contributed by atoms with Crippen LogP contribution in [-0.4, -0.2) is 26.0 Å². The number of rotatable bonds is 5. The summed E-state index contributed by atoms with van der Waals surface area (Å²) in [5.41, 5.74) is 1.70. The highest BCUT2D eigenvalue weighted by Crippen LogP contribution is 2.31. The van der Waals surface area contributed by atoms with Crippen molar-refractivity contribution in [2.24, 2.45) is 0 Å². The Hall–Kier alpha value is -1.82. The molecule has 0 unspecified atom stereocenters. The third-order valence-electron chi connectivity index (χ3n) is 2.62. The Bertz CT molecular complexity index is 567. The second kappa shape index (κ2) is 5.88. The van der Waals surface area contributed by atoms with Crippen LogP contribution in [-0.2, 0) is 11.2 Å². The summed E-state index contributed by atoms with van der Waals surface area (Å²) in [6.45, 7) is 4.11. The molecule has 0 spiro atoms. The van der Waals surface area contributed by atoms with Crippen molar-refractivity contribution in [2.45, 2.75) is 32.6 Å². The zero-order chi connectivity index (χ0) is 13.8. The molecule has 0 fully saturated rings. The molecule has 0 aliphatic carbocycles. The minimum atomic E-state index is -0.788. The predicted molar refractivity (Wildman–Crippen MR) is 73.2 cm³/mol. The Labute approximate surface area is 115 Å². The average molecular weight is 277 g/mol. The first-order chi connectivity index (χ1) is 9.08. The zero-order valence-electron chi connectivity index (χ0n) is 10.8. The molecule has 0 aromatic carbocycles. The van der Waals surface area contributed by atoms with Crippen LogP contribution in [0.25, 0.3) is 10.7 Å². The molecule has 0 saturated carbocycles. The van der Waals surface area contributed by atoms with Crippen molar-refractivity contribution in [1.29, 1.82) is 0 Å². The monoisotopic (exact) mass is 277 g/mol. The second-order valence-corrected chi connectivity index (χ2v) is 5.55. The van der Waals surface area contributed by atoms with Gasteiger partial charge in [-0.05, 0) is 12.3 Å². The van der Waals surface area contributed by atoms with E-state index in [-0.39, 0.29) is 12.3 Å². The topological polar surface area (TPSA) is 76.0 Å². The van der Waals surface area contributed by atoms with Crippen molar-refractivity contribution >= 4 is 17.3 Å². The van der Waals surface area contributed by atoms with Crippen molar-refractivity contribution in [2.75, 3.05) is 0 Å². The first-order valence-corrected chi connectivity index (χ1v) is 6.87. The van der Waals surface area contributed by atoms with E-state index in [0.29, 0.717) is 6.42 Å². The molecule has 0 atom stereocenters. The van der Waals surface area contributed by atoms with Crippen LogP contribution in [0.3, 0.4) is 0 Å². The summed E-state index contributed by atoms with van der Waals surface area (Å²) < 4.78 is 0. The van der Waals surface area contributed by atoms with Gasteiger partial charge in [0.25, 0.3) is 0 Å². The van der Waals surface area contributed by atoms with E-state index in [9.17, 15) is 4.79 Å². The van der Waals surface area contributed by atoms with Crippen molar-refractivity contribution in [3.63, 3.8) is 0 Å². The molecule has 6 heteroatoms. The van der Waals surface area contributed by atoms with Crippen LogP contribution in [0.15, 0.2) is 18.6 Å². The van der Waals surface area contributed by atoms with Gasteiger partial charge in [0.15, 0.2) is 0 Å². The molecule has 0 bridgehead atoms. The summed E-state index contributed by atoms with van der Waals surface area (Å²) in [7, 11) is 0. The molecule has 0 aliphatic rings. The van der Waals surface area contributed by atoms with Gasteiger partial charge < -0.3 is 5.11 Å². The summed E-state index contributed by atoms with van der Waals surface area (Å²) in [5, 5.41) is 9.59. The average Bonchev–Trinajstić information content (AvgIpc) is 2.81. The lowest BCUT2D eigenvalue weighted by Crippen LogP contribution is -1.99. The molecule has 2 rings (SSSR count). The van der Waals surface area contributed by atoms with Gasteiger partial charge in [-0.25, -0.2) is 4.98 Å². The number of carbonyl (C=O) groups is 1. The molecule has 0 radical (unpaired) electrons. The maximum Gasteiger partial charge on any atom is 0.303 e. The molecule has 19 heavy (non-hydrogen) atoms. The Balaban J connectivity index is 2.32. The fourth-order valence-electron chi connectivity index (χ4n) is 1.73. The van der Waals surface area contributed by atoms with Crippen molar-refractivity contribution < 1.29 is 9.90 Å². The van der Waals surface area contributed by atoms with Gasteiger partial charge >= 0.3 is 5.97 Å². The van der Waals surface area contributed by atoms with E-state index in [1.165, 1.54) is 11.3 Å². The number of carboxylic acids is 1. The second-order valence-electron chi connectivity index (χ2n) is 4.47. The van der Waals surface area contributed by atoms with Crippen LogP contribution < -0.4 is 0 Å². The minimum absolute atomic E-state index is 0.127. The van der Waals surface area contributed by atoms with Gasteiger partial charge in [0.2, 0.25) is 0 Å². The van der Waals surface area contributed by atoms with Gasteiger partial charge in [-0.15, -0.1) is 11.3 Å². The quantitative estimate of drug-likeness (QED) is 0.909. The molecule has 100 valence electrons. The normalized spacial score (nSPS) is 10.9. The summed E-state index contributed by atoms with van der Waals surface area (Å²) in [4.78, 5) is 24.6. The highest BCUT2D eigenvalue weighted by atomic mass is 32.1. The maximum atomic E-state index is 10.7. The number of aromatic nitrogens is 3. The van der Waals surface area contributed by atoms with Gasteiger partial charge in [0.05, 0.1) is 18.3 Å². The smallest absolute Gasteiger partial charge is 0.303 e. The van der Waals surface area contributed by atoms with E-state index < -0.39 is 5.97 Å². The molecule has 1 N–H and O–H groups in total. The molecule has 0 amide bonds. The molecule has 0 saturated heterocycles. The Kier molecular flexibility index (Phi) is 4.21. The molecular formula is C13H15N3O2S. The number of carboxylic acid groups (broad SMARTS) is 1. The van der Waals surface area contributed by atoms with Crippen LogP contribution >= 0.6 is 11.3 Å². The molecule has 2 aromatic heterocycles. The Morgan fingerprint density at radius 2 is 2.21 bits per heavy atom.